The fraction of sp³-hybridized carbons (Fsp3) is 0.200. The summed E-state index contributed by atoms with van der Waals surface area (Å²) >= 11 is 0. The normalized spacial score (nSPS) is 12.4. The van der Waals surface area contributed by atoms with Crippen LogP contribution in [-0.4, -0.2) is 34.3 Å². The van der Waals surface area contributed by atoms with Gasteiger partial charge in [0.1, 0.15) is 12.0 Å². The summed E-state index contributed by atoms with van der Waals surface area (Å²) in [5.74, 6) is -1.05. The molecule has 0 radical (unpaired) electrons. The Kier molecular flexibility index (Phi) is 6.26. The molecule has 1 unspecified atom stereocenters. The number of benzene rings is 2. The maximum Gasteiger partial charge on any atom is 0.436 e. The van der Waals surface area contributed by atoms with Crippen LogP contribution in [0.5, 0.6) is 5.75 Å². The largest absolute Gasteiger partial charge is 0.507 e. The molecule has 1 amide bonds. The van der Waals surface area contributed by atoms with Gasteiger partial charge in [-0.25, -0.2) is 0 Å². The van der Waals surface area contributed by atoms with Crippen molar-refractivity contribution in [2.24, 2.45) is 0 Å². The average molecular weight is 421 g/mol. The van der Waals surface area contributed by atoms with E-state index in [2.05, 4.69) is 15.6 Å². The van der Waals surface area contributed by atoms with Crippen LogP contribution in [-0.2, 0) is 6.18 Å². The molecular formula is C20H18F3N3O4. The smallest absolute Gasteiger partial charge is 0.436 e. The first kappa shape index (κ1) is 21.2. The van der Waals surface area contributed by atoms with Crippen LogP contribution in [0.15, 0.2) is 59.2 Å². The van der Waals surface area contributed by atoms with Gasteiger partial charge in [-0.05, 0) is 29.8 Å². The Hall–Kier alpha value is -3.53. The van der Waals surface area contributed by atoms with Crippen LogP contribution >= 0.6 is 0 Å². The van der Waals surface area contributed by atoms with E-state index in [4.69, 9.17) is 4.42 Å². The molecular weight excluding hydrogens is 403 g/mol. The highest BCUT2D eigenvalue weighted by Gasteiger charge is 2.34. The lowest BCUT2D eigenvalue weighted by Gasteiger charge is -2.16. The summed E-state index contributed by atoms with van der Waals surface area (Å²) in [6.07, 6.45) is -4.08. The van der Waals surface area contributed by atoms with E-state index in [0.29, 0.717) is 17.5 Å². The van der Waals surface area contributed by atoms with Gasteiger partial charge in [0.25, 0.3) is 11.9 Å². The molecule has 0 aliphatic carbocycles. The standard InChI is InChI=1S/C20H18F3N3O4/c21-20(22,23)17-11-30-19(26-17)25-14-7-5-12(6-8-14)13(10-27)9-24-18(29)15-3-1-2-4-16(15)28/h1-8,11,13,27-28H,9-10H2,(H,24,29)(H,25,26). The Balaban J connectivity index is 1.61. The molecule has 158 valence electrons. The molecule has 7 nitrogen and oxygen atoms in total. The number of amides is 1. The van der Waals surface area contributed by atoms with E-state index >= 15 is 0 Å². The van der Waals surface area contributed by atoms with Crippen molar-refractivity contribution in [2.75, 3.05) is 18.5 Å². The number of para-hydroxylation sites is 1. The third-order valence-corrected chi connectivity index (χ3v) is 4.31. The van der Waals surface area contributed by atoms with Crippen molar-refractivity contribution < 1.29 is 32.6 Å². The van der Waals surface area contributed by atoms with Crippen molar-refractivity contribution in [3.05, 3.63) is 71.6 Å². The highest BCUT2D eigenvalue weighted by Crippen LogP contribution is 2.30. The molecule has 0 bridgehead atoms. The molecule has 1 aromatic heterocycles. The van der Waals surface area contributed by atoms with Crippen LogP contribution < -0.4 is 10.6 Å². The number of aromatic nitrogens is 1. The van der Waals surface area contributed by atoms with Gasteiger partial charge in [-0.2, -0.15) is 18.2 Å². The van der Waals surface area contributed by atoms with Crippen molar-refractivity contribution in [2.45, 2.75) is 12.1 Å². The van der Waals surface area contributed by atoms with Crippen molar-refractivity contribution in [3.8, 4) is 5.75 Å². The third kappa shape index (κ3) is 5.09. The Morgan fingerprint density at radius 1 is 1.13 bits per heavy atom. The SMILES string of the molecule is O=C(NCC(CO)c1ccc(Nc2nc(C(F)(F)F)co2)cc1)c1ccccc1O. The molecule has 0 saturated heterocycles. The lowest BCUT2D eigenvalue weighted by atomic mass is 9.99. The van der Waals surface area contributed by atoms with Gasteiger partial charge in [-0.1, -0.05) is 24.3 Å². The van der Waals surface area contributed by atoms with E-state index in [1.807, 2.05) is 0 Å². The van der Waals surface area contributed by atoms with E-state index in [-0.39, 0.29) is 30.5 Å². The molecule has 0 spiro atoms. The number of hydrogen-bond donors (Lipinski definition) is 4. The van der Waals surface area contributed by atoms with Gasteiger partial charge in [-0.15, -0.1) is 0 Å². The van der Waals surface area contributed by atoms with Gasteiger partial charge in [0.05, 0.1) is 12.2 Å². The van der Waals surface area contributed by atoms with Gasteiger partial charge in [-0.3, -0.25) is 4.79 Å². The number of phenols is 1. The van der Waals surface area contributed by atoms with Gasteiger partial charge < -0.3 is 25.3 Å². The van der Waals surface area contributed by atoms with Crippen LogP contribution in [0.3, 0.4) is 0 Å². The van der Waals surface area contributed by atoms with Crippen molar-refractivity contribution >= 4 is 17.6 Å². The number of oxazole rings is 1. The minimum Gasteiger partial charge on any atom is -0.507 e. The van der Waals surface area contributed by atoms with E-state index in [9.17, 15) is 28.2 Å². The molecule has 30 heavy (non-hydrogen) atoms. The van der Waals surface area contributed by atoms with Crippen LogP contribution in [0.4, 0.5) is 24.9 Å². The van der Waals surface area contributed by atoms with Gasteiger partial charge in [0.2, 0.25) is 0 Å². The van der Waals surface area contributed by atoms with Crippen molar-refractivity contribution in [1.29, 1.82) is 0 Å². The van der Waals surface area contributed by atoms with Gasteiger partial charge in [0, 0.05) is 18.2 Å². The van der Waals surface area contributed by atoms with Gasteiger partial charge in [0.15, 0.2) is 5.69 Å². The number of aliphatic hydroxyl groups excluding tert-OH is 1. The number of carbonyl (C=O) groups excluding carboxylic acids is 1. The molecule has 10 heteroatoms. The maximum atomic E-state index is 12.6. The Bertz CT molecular complexity index is 1000. The minimum atomic E-state index is -4.59. The zero-order valence-corrected chi connectivity index (χ0v) is 15.5. The zero-order chi connectivity index (χ0) is 21.7. The number of rotatable bonds is 7. The zero-order valence-electron chi connectivity index (χ0n) is 15.5. The number of anilines is 2. The summed E-state index contributed by atoms with van der Waals surface area (Å²) in [5.41, 5.74) is 0.119. The molecule has 2 aromatic carbocycles. The fourth-order valence-corrected chi connectivity index (χ4v) is 2.69. The second-order valence-electron chi connectivity index (χ2n) is 6.39. The number of alkyl halides is 3. The van der Waals surface area contributed by atoms with Gasteiger partial charge >= 0.3 is 6.18 Å². The first-order valence-electron chi connectivity index (χ1n) is 8.84. The van der Waals surface area contributed by atoms with Crippen LogP contribution in [0.25, 0.3) is 0 Å². The number of hydrogen-bond acceptors (Lipinski definition) is 6. The summed E-state index contributed by atoms with van der Waals surface area (Å²) in [7, 11) is 0. The van der Waals surface area contributed by atoms with Crippen LogP contribution in [0.2, 0.25) is 0 Å². The summed E-state index contributed by atoms with van der Waals surface area (Å²) in [6.45, 7) is -0.131. The summed E-state index contributed by atoms with van der Waals surface area (Å²) < 4.78 is 42.4. The third-order valence-electron chi connectivity index (χ3n) is 4.31. The molecule has 0 aliphatic heterocycles. The molecule has 0 fully saturated rings. The van der Waals surface area contributed by atoms with E-state index in [0.717, 1.165) is 0 Å². The number of carbonyl (C=O) groups is 1. The predicted molar refractivity (Wildman–Crippen MR) is 101 cm³/mol. The second kappa shape index (κ2) is 8.87. The van der Waals surface area contributed by atoms with E-state index in [1.54, 1.807) is 36.4 Å². The molecule has 1 heterocycles. The number of halogens is 3. The Morgan fingerprint density at radius 3 is 2.43 bits per heavy atom. The van der Waals surface area contributed by atoms with Crippen LogP contribution in [0.1, 0.15) is 27.5 Å². The molecule has 4 N–H and O–H groups in total. The van der Waals surface area contributed by atoms with E-state index < -0.39 is 23.7 Å². The Labute approximate surface area is 169 Å². The summed E-state index contributed by atoms with van der Waals surface area (Å²) in [6, 6.07) is 12.3. The number of nitrogens with one attached hydrogen (secondary N) is 2. The summed E-state index contributed by atoms with van der Waals surface area (Å²) in [5, 5.41) is 24.7. The average Bonchev–Trinajstić information content (AvgIpc) is 3.19. The monoisotopic (exact) mass is 421 g/mol. The number of nitrogens with zero attached hydrogens (tertiary/aromatic N) is 1. The second-order valence-corrected chi connectivity index (χ2v) is 6.39. The maximum absolute atomic E-state index is 12.6. The number of aliphatic hydroxyl groups is 1. The molecule has 3 aromatic rings. The molecule has 0 saturated carbocycles. The first-order chi connectivity index (χ1) is 14.3. The topological polar surface area (TPSA) is 108 Å². The Morgan fingerprint density at radius 2 is 1.83 bits per heavy atom. The highest BCUT2D eigenvalue weighted by atomic mass is 19.4. The molecule has 3 rings (SSSR count). The molecule has 1 atom stereocenters. The highest BCUT2D eigenvalue weighted by molar-refractivity contribution is 5.96. The minimum absolute atomic E-state index is 0.116. The van der Waals surface area contributed by atoms with Crippen molar-refractivity contribution in [3.63, 3.8) is 0 Å². The summed E-state index contributed by atoms with van der Waals surface area (Å²) in [4.78, 5) is 15.5. The molecule has 0 aliphatic rings. The van der Waals surface area contributed by atoms with Crippen LogP contribution in [0, 0.1) is 0 Å². The van der Waals surface area contributed by atoms with E-state index in [1.165, 1.54) is 12.1 Å². The predicted octanol–water partition coefficient (Wildman–Crippen LogP) is 3.65. The lowest BCUT2D eigenvalue weighted by Crippen LogP contribution is -2.29. The first-order valence-corrected chi connectivity index (χ1v) is 8.84. The number of aromatic hydroxyl groups is 1. The fourth-order valence-electron chi connectivity index (χ4n) is 2.69. The number of phenolic OH excluding ortho intramolecular Hbond substituents is 1. The quantitative estimate of drug-likeness (QED) is 0.464. The lowest BCUT2D eigenvalue weighted by molar-refractivity contribution is -0.141. The van der Waals surface area contributed by atoms with Crippen molar-refractivity contribution in [1.82, 2.24) is 10.3 Å².